The highest BCUT2D eigenvalue weighted by atomic mass is 14.7. The standard InChI is InChI=1S/C41H24N2/c42-25-31-23-30(20-21-43-31)28-10-7-9-27(22-28)29-17-18-38-35(24-29)40-32-11-2-1-8-26(32)16-19-39(40)41(38)36-14-5-3-12-33(36)34-13-4-6-15-37(34)41/h1-24H. The van der Waals surface area contributed by atoms with Crippen LogP contribution in [0.3, 0.4) is 0 Å². The molecule has 0 N–H and O–H groups in total. The Morgan fingerprint density at radius 1 is 0.488 bits per heavy atom. The molecule has 0 saturated carbocycles. The Bertz CT molecular complexity index is 2280. The Balaban J connectivity index is 1.33. The summed E-state index contributed by atoms with van der Waals surface area (Å²) in [6.45, 7) is 0. The first-order valence-corrected chi connectivity index (χ1v) is 14.6. The number of nitrogens with zero attached hydrogens (tertiary/aromatic N) is 2. The number of nitriles is 1. The predicted molar refractivity (Wildman–Crippen MR) is 174 cm³/mol. The molecule has 0 bridgehead atoms. The summed E-state index contributed by atoms with van der Waals surface area (Å²) in [7, 11) is 0. The lowest BCUT2D eigenvalue weighted by Gasteiger charge is -2.30. The molecule has 0 fully saturated rings. The molecule has 0 unspecified atom stereocenters. The van der Waals surface area contributed by atoms with Crippen LogP contribution in [0.4, 0.5) is 0 Å². The molecular formula is C41H24N2. The van der Waals surface area contributed by atoms with Gasteiger partial charge >= 0.3 is 0 Å². The van der Waals surface area contributed by atoms with Gasteiger partial charge in [-0.05, 0) is 102 Å². The molecule has 2 heteroatoms. The third-order valence-electron chi connectivity index (χ3n) is 9.38. The normalized spacial score (nSPS) is 13.3. The molecule has 1 aromatic heterocycles. The van der Waals surface area contributed by atoms with Gasteiger partial charge in [0.25, 0.3) is 0 Å². The minimum Gasteiger partial charge on any atom is -0.246 e. The van der Waals surface area contributed by atoms with E-state index >= 15 is 0 Å². The fourth-order valence-corrected chi connectivity index (χ4v) is 7.64. The first-order valence-electron chi connectivity index (χ1n) is 14.6. The topological polar surface area (TPSA) is 36.7 Å². The van der Waals surface area contributed by atoms with Crippen molar-refractivity contribution in [2.75, 3.05) is 0 Å². The zero-order chi connectivity index (χ0) is 28.5. The fourth-order valence-electron chi connectivity index (χ4n) is 7.64. The Morgan fingerprint density at radius 3 is 1.88 bits per heavy atom. The fraction of sp³-hybridized carbons (Fsp3) is 0.0244. The summed E-state index contributed by atoms with van der Waals surface area (Å²) in [4.78, 5) is 4.16. The summed E-state index contributed by atoms with van der Waals surface area (Å²) in [5.41, 5.74) is 15.1. The van der Waals surface area contributed by atoms with E-state index in [2.05, 4.69) is 138 Å². The van der Waals surface area contributed by atoms with Crippen molar-refractivity contribution in [1.29, 1.82) is 5.26 Å². The van der Waals surface area contributed by atoms with Crippen molar-refractivity contribution in [3.05, 3.63) is 174 Å². The van der Waals surface area contributed by atoms with E-state index < -0.39 is 0 Å². The van der Waals surface area contributed by atoms with Crippen LogP contribution in [0.25, 0.3) is 55.3 Å². The van der Waals surface area contributed by atoms with Crippen molar-refractivity contribution in [1.82, 2.24) is 4.98 Å². The zero-order valence-corrected chi connectivity index (χ0v) is 23.3. The lowest BCUT2D eigenvalue weighted by atomic mass is 9.70. The van der Waals surface area contributed by atoms with Gasteiger partial charge < -0.3 is 0 Å². The lowest BCUT2D eigenvalue weighted by molar-refractivity contribution is 0.794. The van der Waals surface area contributed by atoms with Crippen molar-refractivity contribution in [2.24, 2.45) is 0 Å². The van der Waals surface area contributed by atoms with Gasteiger partial charge in [0, 0.05) is 6.20 Å². The molecule has 9 rings (SSSR count). The molecule has 198 valence electrons. The van der Waals surface area contributed by atoms with Gasteiger partial charge in [0.1, 0.15) is 11.8 Å². The van der Waals surface area contributed by atoms with E-state index in [1.807, 2.05) is 12.1 Å². The summed E-state index contributed by atoms with van der Waals surface area (Å²) in [5.74, 6) is 0. The van der Waals surface area contributed by atoms with Gasteiger partial charge in [-0.25, -0.2) is 4.98 Å². The van der Waals surface area contributed by atoms with Gasteiger partial charge in [0.2, 0.25) is 0 Å². The number of hydrogen-bond acceptors (Lipinski definition) is 2. The van der Waals surface area contributed by atoms with Crippen LogP contribution >= 0.6 is 0 Å². The largest absolute Gasteiger partial charge is 0.246 e. The van der Waals surface area contributed by atoms with Crippen molar-refractivity contribution in [3.63, 3.8) is 0 Å². The average Bonchev–Trinajstić information content (AvgIpc) is 3.55. The molecule has 1 spiro atoms. The molecule has 0 atom stereocenters. The number of rotatable bonds is 2. The second kappa shape index (κ2) is 8.86. The Morgan fingerprint density at radius 2 is 1.12 bits per heavy atom. The van der Waals surface area contributed by atoms with E-state index in [0.717, 1.165) is 16.7 Å². The van der Waals surface area contributed by atoms with E-state index in [9.17, 15) is 5.26 Å². The lowest BCUT2D eigenvalue weighted by Crippen LogP contribution is -2.25. The smallest absolute Gasteiger partial charge is 0.141 e. The Hall–Kier alpha value is -5.78. The third kappa shape index (κ3) is 3.19. The zero-order valence-electron chi connectivity index (χ0n) is 23.3. The van der Waals surface area contributed by atoms with E-state index in [1.54, 1.807) is 6.20 Å². The van der Waals surface area contributed by atoms with Gasteiger partial charge in [-0.15, -0.1) is 0 Å². The maximum atomic E-state index is 9.38. The summed E-state index contributed by atoms with van der Waals surface area (Å²) in [6, 6.07) is 52.9. The SMILES string of the molecule is N#Cc1cc(-c2cccc(-c3ccc4c(c3)-c3c(ccc5ccccc35)C43c4ccccc4-c4ccccc43)c2)ccn1. The maximum Gasteiger partial charge on any atom is 0.141 e. The minimum atomic E-state index is -0.368. The molecule has 2 aliphatic rings. The molecule has 6 aromatic carbocycles. The highest BCUT2D eigenvalue weighted by Crippen LogP contribution is 2.63. The number of benzene rings is 6. The molecule has 0 amide bonds. The first-order chi connectivity index (χ1) is 21.3. The van der Waals surface area contributed by atoms with Crippen molar-refractivity contribution in [3.8, 4) is 50.6 Å². The van der Waals surface area contributed by atoms with Gasteiger partial charge in [0.05, 0.1) is 5.41 Å². The Kier molecular flexibility index (Phi) is 4.92. The van der Waals surface area contributed by atoms with Crippen LogP contribution in [0.2, 0.25) is 0 Å². The van der Waals surface area contributed by atoms with Crippen molar-refractivity contribution < 1.29 is 0 Å². The quantitative estimate of drug-likeness (QED) is 0.217. The van der Waals surface area contributed by atoms with Crippen LogP contribution in [-0.4, -0.2) is 4.98 Å². The summed E-state index contributed by atoms with van der Waals surface area (Å²) in [5, 5.41) is 11.9. The second-order valence-electron chi connectivity index (χ2n) is 11.4. The molecule has 2 nitrogen and oxygen atoms in total. The molecule has 43 heavy (non-hydrogen) atoms. The average molecular weight is 545 g/mol. The molecule has 1 heterocycles. The van der Waals surface area contributed by atoms with E-state index in [1.165, 1.54) is 60.8 Å². The van der Waals surface area contributed by atoms with Gasteiger partial charge in [-0.2, -0.15) is 5.26 Å². The monoisotopic (exact) mass is 544 g/mol. The number of hydrogen-bond donors (Lipinski definition) is 0. The van der Waals surface area contributed by atoms with Crippen LogP contribution in [-0.2, 0) is 5.41 Å². The van der Waals surface area contributed by atoms with Crippen LogP contribution in [0.5, 0.6) is 0 Å². The first kappa shape index (κ1) is 23.9. The summed E-state index contributed by atoms with van der Waals surface area (Å²) >= 11 is 0. The number of fused-ring (bicyclic) bond motifs is 12. The molecule has 0 saturated heterocycles. The molecule has 7 aromatic rings. The molecule has 0 aliphatic heterocycles. The third-order valence-corrected chi connectivity index (χ3v) is 9.38. The highest BCUT2D eigenvalue weighted by molar-refractivity contribution is 6.06. The van der Waals surface area contributed by atoms with Gasteiger partial charge in [0.15, 0.2) is 0 Å². The summed E-state index contributed by atoms with van der Waals surface area (Å²) in [6.07, 6.45) is 1.70. The van der Waals surface area contributed by atoms with E-state index in [4.69, 9.17) is 0 Å². The maximum absolute atomic E-state index is 9.38. The number of aromatic nitrogens is 1. The van der Waals surface area contributed by atoms with E-state index in [0.29, 0.717) is 5.69 Å². The minimum absolute atomic E-state index is 0.368. The van der Waals surface area contributed by atoms with Crippen molar-refractivity contribution >= 4 is 10.8 Å². The molecule has 0 radical (unpaired) electrons. The van der Waals surface area contributed by atoms with Crippen LogP contribution < -0.4 is 0 Å². The van der Waals surface area contributed by atoms with Crippen LogP contribution in [0.1, 0.15) is 27.9 Å². The van der Waals surface area contributed by atoms with Gasteiger partial charge in [-0.1, -0.05) is 115 Å². The van der Waals surface area contributed by atoms with Gasteiger partial charge in [-0.3, -0.25) is 0 Å². The van der Waals surface area contributed by atoms with Crippen LogP contribution in [0.15, 0.2) is 146 Å². The highest BCUT2D eigenvalue weighted by Gasteiger charge is 2.51. The van der Waals surface area contributed by atoms with E-state index in [-0.39, 0.29) is 5.41 Å². The number of pyridine rings is 1. The Labute approximate surface area is 250 Å². The van der Waals surface area contributed by atoms with Crippen LogP contribution in [0, 0.1) is 11.3 Å². The molecule has 2 aliphatic carbocycles. The predicted octanol–water partition coefficient (Wildman–Crippen LogP) is 9.78. The van der Waals surface area contributed by atoms with Crippen molar-refractivity contribution in [2.45, 2.75) is 5.41 Å². The second-order valence-corrected chi connectivity index (χ2v) is 11.4. The summed E-state index contributed by atoms with van der Waals surface area (Å²) < 4.78 is 0. The molecular weight excluding hydrogens is 520 g/mol.